The zero-order valence-electron chi connectivity index (χ0n) is 20.3. The van der Waals surface area contributed by atoms with Crippen LogP contribution in [0.15, 0.2) is 72.3 Å². The van der Waals surface area contributed by atoms with Gasteiger partial charge in [-0.3, -0.25) is 9.59 Å². The molecule has 0 spiro atoms. The summed E-state index contributed by atoms with van der Waals surface area (Å²) >= 11 is 0. The van der Waals surface area contributed by atoms with Crippen molar-refractivity contribution in [3.05, 3.63) is 89.0 Å². The van der Waals surface area contributed by atoms with Crippen LogP contribution in [0.25, 0.3) is 21.8 Å². The third kappa shape index (κ3) is 4.54. The van der Waals surface area contributed by atoms with Crippen molar-refractivity contribution in [2.75, 3.05) is 0 Å². The number of hydrogen-bond acceptors (Lipinski definition) is 3. The van der Waals surface area contributed by atoms with E-state index in [4.69, 9.17) is 0 Å². The lowest BCUT2D eigenvalue weighted by atomic mass is 9.99. The van der Waals surface area contributed by atoms with Crippen molar-refractivity contribution in [1.29, 1.82) is 0 Å². The molecule has 0 amide bonds. The van der Waals surface area contributed by atoms with Crippen molar-refractivity contribution in [3.8, 4) is 5.75 Å². The maximum atomic E-state index is 13.1. The molecule has 1 aromatic heterocycles. The molecule has 0 saturated carbocycles. The Bertz CT molecular complexity index is 1400. The summed E-state index contributed by atoms with van der Waals surface area (Å²) in [4.78, 5) is 26.0. The largest absolute Gasteiger partial charge is 0.508 e. The van der Waals surface area contributed by atoms with Gasteiger partial charge in [-0.2, -0.15) is 0 Å². The molecule has 0 aliphatic rings. The molecule has 1 N–H and O–H groups in total. The number of phenols is 1. The van der Waals surface area contributed by atoms with E-state index in [0.29, 0.717) is 29.0 Å². The van der Waals surface area contributed by atoms with E-state index in [1.807, 2.05) is 36.4 Å². The minimum Gasteiger partial charge on any atom is -0.508 e. The number of carbonyl (C=O) groups is 2. The Labute approximate surface area is 200 Å². The van der Waals surface area contributed by atoms with Crippen molar-refractivity contribution in [2.45, 2.75) is 47.1 Å². The fourth-order valence-corrected chi connectivity index (χ4v) is 4.35. The molecule has 0 saturated heterocycles. The van der Waals surface area contributed by atoms with Crippen molar-refractivity contribution < 1.29 is 14.7 Å². The molecule has 4 rings (SSSR count). The summed E-state index contributed by atoms with van der Waals surface area (Å²) in [5, 5.41) is 11.5. The zero-order chi connectivity index (χ0) is 24.4. The first-order valence-corrected chi connectivity index (χ1v) is 11.9. The van der Waals surface area contributed by atoms with Gasteiger partial charge in [-0.05, 0) is 86.8 Å². The third-order valence-electron chi connectivity index (χ3n) is 6.64. The van der Waals surface area contributed by atoms with Crippen LogP contribution in [0.3, 0.4) is 0 Å². The first-order chi connectivity index (χ1) is 16.3. The summed E-state index contributed by atoms with van der Waals surface area (Å²) in [6.07, 6.45) is 3.38. The van der Waals surface area contributed by atoms with Gasteiger partial charge in [-0.25, -0.2) is 0 Å². The van der Waals surface area contributed by atoms with Gasteiger partial charge in [0.05, 0.1) is 0 Å². The van der Waals surface area contributed by atoms with Crippen LogP contribution >= 0.6 is 0 Å². The van der Waals surface area contributed by atoms with E-state index in [1.54, 1.807) is 12.1 Å². The Balaban J connectivity index is 1.72. The van der Waals surface area contributed by atoms with Crippen molar-refractivity contribution >= 4 is 33.4 Å². The number of rotatable bonds is 8. The van der Waals surface area contributed by atoms with Crippen molar-refractivity contribution in [2.24, 2.45) is 5.92 Å². The molecular weight excluding hydrogens is 422 g/mol. The highest BCUT2D eigenvalue weighted by atomic mass is 16.3. The number of Topliss-reactive ketones (excluding diaryl/α,β-unsaturated/α-hetero) is 1. The highest BCUT2D eigenvalue weighted by Gasteiger charge is 2.16. The number of allylic oxidation sites excluding steroid dienone is 2. The van der Waals surface area contributed by atoms with E-state index in [2.05, 4.69) is 38.3 Å². The summed E-state index contributed by atoms with van der Waals surface area (Å²) in [5.41, 5.74) is 5.21. The number of benzene rings is 3. The lowest BCUT2D eigenvalue weighted by molar-refractivity contribution is 0.0982. The van der Waals surface area contributed by atoms with E-state index < -0.39 is 0 Å². The van der Waals surface area contributed by atoms with E-state index in [9.17, 15) is 14.7 Å². The van der Waals surface area contributed by atoms with Crippen LogP contribution in [0.4, 0.5) is 0 Å². The average molecular weight is 454 g/mol. The second-order valence-electron chi connectivity index (χ2n) is 9.15. The lowest BCUT2D eigenvalue weighted by Crippen LogP contribution is -2.01. The fourth-order valence-electron chi connectivity index (χ4n) is 4.35. The molecule has 0 radical (unpaired) electrons. The Morgan fingerprint density at radius 3 is 2.03 bits per heavy atom. The Morgan fingerprint density at radius 2 is 1.44 bits per heavy atom. The molecular formula is C30H31NO3. The molecule has 3 aromatic carbocycles. The smallest absolute Gasteiger partial charge is 0.193 e. The molecule has 0 aliphatic heterocycles. The minimum atomic E-state index is -0.0983. The number of carbonyl (C=O) groups excluding carboxylic acids is 2. The van der Waals surface area contributed by atoms with Crippen LogP contribution in [0, 0.1) is 5.92 Å². The summed E-state index contributed by atoms with van der Waals surface area (Å²) in [6.45, 7) is 9.31. The number of nitrogens with zero attached hydrogens (tertiary/aromatic N) is 1. The number of aromatic hydroxyl groups is 1. The number of fused-ring (bicyclic) bond motifs is 3. The minimum absolute atomic E-state index is 0.0983. The summed E-state index contributed by atoms with van der Waals surface area (Å²) in [7, 11) is 0. The SMILES string of the molecule is CCn1c2ccc(C(=O)CCC=C(C)C(C)C)cc2c2cc(C(=O)c3ccc(O)cc3)ccc21. The lowest BCUT2D eigenvalue weighted by Gasteiger charge is -2.05. The number of phenolic OH excluding ortho intramolecular Hbond substituents is 1. The van der Waals surface area contributed by atoms with Crippen molar-refractivity contribution in [3.63, 3.8) is 0 Å². The maximum absolute atomic E-state index is 13.1. The predicted octanol–water partition coefficient (Wildman–Crippen LogP) is 7.32. The molecule has 4 heteroatoms. The van der Waals surface area contributed by atoms with Gasteiger partial charge < -0.3 is 9.67 Å². The molecule has 0 atom stereocenters. The van der Waals surface area contributed by atoms with Gasteiger partial charge in [-0.1, -0.05) is 25.5 Å². The second kappa shape index (κ2) is 9.68. The predicted molar refractivity (Wildman–Crippen MR) is 139 cm³/mol. The van der Waals surface area contributed by atoms with Crippen LogP contribution in [0.1, 0.15) is 66.8 Å². The van der Waals surface area contributed by atoms with Gasteiger partial charge in [-0.15, -0.1) is 0 Å². The zero-order valence-corrected chi connectivity index (χ0v) is 20.3. The quantitative estimate of drug-likeness (QED) is 0.225. The van der Waals surface area contributed by atoms with Gasteiger partial charge in [0.15, 0.2) is 11.6 Å². The molecule has 0 bridgehead atoms. The van der Waals surface area contributed by atoms with Gasteiger partial charge >= 0.3 is 0 Å². The van der Waals surface area contributed by atoms with Crippen LogP contribution in [-0.4, -0.2) is 21.2 Å². The van der Waals surface area contributed by atoms with Crippen molar-refractivity contribution in [1.82, 2.24) is 4.57 Å². The topological polar surface area (TPSA) is 59.3 Å². The number of ketones is 2. The first-order valence-electron chi connectivity index (χ1n) is 11.9. The van der Waals surface area contributed by atoms with Crippen LogP contribution in [0.2, 0.25) is 0 Å². The highest BCUT2D eigenvalue weighted by Crippen LogP contribution is 2.32. The summed E-state index contributed by atoms with van der Waals surface area (Å²) in [6, 6.07) is 17.9. The fraction of sp³-hybridized carbons (Fsp3) is 0.267. The number of hydrogen-bond donors (Lipinski definition) is 1. The van der Waals surface area contributed by atoms with E-state index >= 15 is 0 Å². The molecule has 0 aliphatic carbocycles. The molecule has 4 aromatic rings. The van der Waals surface area contributed by atoms with Gasteiger partial charge in [0, 0.05) is 51.5 Å². The summed E-state index contributed by atoms with van der Waals surface area (Å²) in [5.74, 6) is 0.650. The highest BCUT2D eigenvalue weighted by molar-refractivity contribution is 6.15. The first kappa shape index (κ1) is 23.5. The monoisotopic (exact) mass is 453 g/mol. The second-order valence-corrected chi connectivity index (χ2v) is 9.15. The van der Waals surface area contributed by atoms with E-state index in [-0.39, 0.29) is 17.3 Å². The third-order valence-corrected chi connectivity index (χ3v) is 6.64. The normalized spacial score (nSPS) is 12.1. The number of aromatic nitrogens is 1. The van der Waals surface area contributed by atoms with Crippen LogP contribution in [-0.2, 0) is 6.54 Å². The van der Waals surface area contributed by atoms with E-state index in [1.165, 1.54) is 17.7 Å². The Morgan fingerprint density at radius 1 is 0.882 bits per heavy atom. The Kier molecular flexibility index (Phi) is 6.69. The molecule has 0 fully saturated rings. The van der Waals surface area contributed by atoms with Gasteiger partial charge in [0.25, 0.3) is 0 Å². The van der Waals surface area contributed by atoms with Crippen LogP contribution < -0.4 is 0 Å². The molecule has 174 valence electrons. The van der Waals surface area contributed by atoms with E-state index in [0.717, 1.165) is 34.8 Å². The van der Waals surface area contributed by atoms with Gasteiger partial charge in [0.1, 0.15) is 5.75 Å². The Hall–Kier alpha value is -3.66. The number of aryl methyl sites for hydroxylation is 1. The molecule has 4 nitrogen and oxygen atoms in total. The molecule has 0 unspecified atom stereocenters. The van der Waals surface area contributed by atoms with Crippen LogP contribution in [0.5, 0.6) is 5.75 Å². The molecule has 1 heterocycles. The standard InChI is InChI=1S/C30H31NO3/c1-5-31-27-15-11-22(29(33)8-6-7-20(4)19(2)3)17-25(27)26-18-23(12-16-28(26)31)30(34)21-9-13-24(32)14-10-21/h7,9-19,32H,5-6,8H2,1-4H3. The summed E-state index contributed by atoms with van der Waals surface area (Å²) < 4.78 is 2.21. The average Bonchev–Trinajstić information content (AvgIpc) is 3.16. The maximum Gasteiger partial charge on any atom is 0.193 e. The van der Waals surface area contributed by atoms with Gasteiger partial charge in [0.2, 0.25) is 0 Å². The molecule has 34 heavy (non-hydrogen) atoms.